The predicted octanol–water partition coefficient (Wildman–Crippen LogP) is 3.51. The van der Waals surface area contributed by atoms with Gasteiger partial charge in [0.25, 0.3) is 0 Å². The second kappa shape index (κ2) is 12.0. The van der Waals surface area contributed by atoms with Gasteiger partial charge < -0.3 is 20.5 Å². The van der Waals surface area contributed by atoms with Gasteiger partial charge in [-0.15, -0.1) is 0 Å². The Bertz CT molecular complexity index is 530. The number of aliphatic hydroxyl groups excluding tert-OH is 1. The van der Waals surface area contributed by atoms with Crippen LogP contribution in [0.4, 0.5) is 4.79 Å². The molecule has 27 heavy (non-hydrogen) atoms. The van der Waals surface area contributed by atoms with E-state index in [2.05, 4.69) is 10.6 Å². The van der Waals surface area contributed by atoms with Crippen LogP contribution in [0.5, 0.6) is 0 Å². The van der Waals surface area contributed by atoms with Crippen LogP contribution < -0.4 is 10.6 Å². The van der Waals surface area contributed by atoms with Gasteiger partial charge in [0.1, 0.15) is 12.2 Å². The van der Waals surface area contributed by atoms with E-state index in [1.807, 2.05) is 44.2 Å². The number of carbonyl (C=O) groups is 1. The van der Waals surface area contributed by atoms with E-state index in [1.165, 1.54) is 32.1 Å². The number of ether oxygens (including phenoxy) is 1. The molecule has 0 unspecified atom stereocenters. The molecular formula is C22H36N2O3. The van der Waals surface area contributed by atoms with Crippen molar-refractivity contribution in [2.75, 3.05) is 19.6 Å². The van der Waals surface area contributed by atoms with Crippen LogP contribution in [0.25, 0.3) is 0 Å². The fourth-order valence-electron chi connectivity index (χ4n) is 3.53. The Kier molecular flexibility index (Phi) is 9.64. The Hall–Kier alpha value is -1.59. The largest absolute Gasteiger partial charge is 0.443 e. The second-order valence-corrected chi connectivity index (χ2v) is 8.14. The average molecular weight is 377 g/mol. The molecule has 1 aliphatic carbocycles. The number of nitrogens with one attached hydrogen (secondary N) is 2. The maximum absolute atomic E-state index is 12.1. The van der Waals surface area contributed by atoms with Gasteiger partial charge in [-0.2, -0.15) is 0 Å². The summed E-state index contributed by atoms with van der Waals surface area (Å²) < 4.78 is 5.57. The summed E-state index contributed by atoms with van der Waals surface area (Å²) in [5, 5.41) is 16.8. The molecule has 1 fully saturated rings. The molecule has 1 aliphatic rings. The number of rotatable bonds is 10. The zero-order chi connectivity index (χ0) is 19.5. The molecule has 152 valence electrons. The van der Waals surface area contributed by atoms with Crippen LogP contribution in [-0.4, -0.2) is 43.0 Å². The molecule has 0 heterocycles. The predicted molar refractivity (Wildman–Crippen MR) is 109 cm³/mol. The molecule has 1 saturated carbocycles. The summed E-state index contributed by atoms with van der Waals surface area (Å²) in [5.74, 6) is 1.06. The van der Waals surface area contributed by atoms with Gasteiger partial charge in [-0.1, -0.05) is 63.4 Å². The molecule has 0 saturated heterocycles. The van der Waals surface area contributed by atoms with Crippen LogP contribution in [0, 0.1) is 11.8 Å². The molecule has 2 rings (SSSR count). The molecule has 0 aromatic heterocycles. The molecule has 1 aromatic rings. The SMILES string of the molecule is CC(C)CNC(=O)O[C@@H](Cc1ccccc1)[C@@H](O)CNCC1CCCCC1. The van der Waals surface area contributed by atoms with Crippen molar-refractivity contribution in [1.82, 2.24) is 10.6 Å². The summed E-state index contributed by atoms with van der Waals surface area (Å²) in [5.41, 5.74) is 1.05. The summed E-state index contributed by atoms with van der Waals surface area (Å²) in [7, 11) is 0. The number of aliphatic hydroxyl groups is 1. The Morgan fingerprint density at radius 2 is 1.85 bits per heavy atom. The van der Waals surface area contributed by atoms with E-state index < -0.39 is 18.3 Å². The first-order valence-electron chi connectivity index (χ1n) is 10.4. The highest BCUT2D eigenvalue weighted by molar-refractivity contribution is 5.67. The molecule has 2 atom stereocenters. The van der Waals surface area contributed by atoms with Gasteiger partial charge in [0.15, 0.2) is 0 Å². The first kappa shape index (κ1) is 21.7. The highest BCUT2D eigenvalue weighted by atomic mass is 16.6. The zero-order valence-electron chi connectivity index (χ0n) is 16.8. The van der Waals surface area contributed by atoms with Crippen LogP contribution in [0.2, 0.25) is 0 Å². The molecule has 1 amide bonds. The van der Waals surface area contributed by atoms with Crippen LogP contribution in [0.3, 0.4) is 0 Å². The van der Waals surface area contributed by atoms with Crippen molar-refractivity contribution in [2.24, 2.45) is 11.8 Å². The summed E-state index contributed by atoms with van der Waals surface area (Å²) in [6.07, 6.45) is 5.23. The van der Waals surface area contributed by atoms with Gasteiger partial charge >= 0.3 is 6.09 Å². The highest BCUT2D eigenvalue weighted by Crippen LogP contribution is 2.22. The number of benzene rings is 1. The van der Waals surface area contributed by atoms with E-state index in [0.717, 1.165) is 12.1 Å². The Morgan fingerprint density at radius 3 is 2.52 bits per heavy atom. The molecule has 0 spiro atoms. The third-order valence-corrected chi connectivity index (χ3v) is 5.13. The summed E-state index contributed by atoms with van der Waals surface area (Å²) in [6, 6.07) is 9.85. The maximum atomic E-state index is 12.1. The normalized spacial score (nSPS) is 17.5. The van der Waals surface area contributed by atoms with Crippen LogP contribution in [0.15, 0.2) is 30.3 Å². The van der Waals surface area contributed by atoms with Gasteiger partial charge in [0.2, 0.25) is 0 Å². The van der Waals surface area contributed by atoms with E-state index in [1.54, 1.807) is 0 Å². The fraction of sp³-hybridized carbons (Fsp3) is 0.682. The third kappa shape index (κ3) is 8.76. The van der Waals surface area contributed by atoms with E-state index in [9.17, 15) is 9.90 Å². The highest BCUT2D eigenvalue weighted by Gasteiger charge is 2.24. The van der Waals surface area contributed by atoms with E-state index in [4.69, 9.17) is 4.74 Å². The van der Waals surface area contributed by atoms with Crippen molar-refractivity contribution < 1.29 is 14.6 Å². The van der Waals surface area contributed by atoms with E-state index >= 15 is 0 Å². The average Bonchev–Trinajstić information content (AvgIpc) is 2.67. The quantitative estimate of drug-likeness (QED) is 0.584. The van der Waals surface area contributed by atoms with Crippen molar-refractivity contribution >= 4 is 6.09 Å². The minimum absolute atomic E-state index is 0.354. The third-order valence-electron chi connectivity index (χ3n) is 5.13. The minimum Gasteiger partial charge on any atom is -0.443 e. The number of hydrogen-bond donors (Lipinski definition) is 3. The smallest absolute Gasteiger partial charge is 0.407 e. The Morgan fingerprint density at radius 1 is 1.15 bits per heavy atom. The molecular weight excluding hydrogens is 340 g/mol. The lowest BCUT2D eigenvalue weighted by Gasteiger charge is -2.26. The minimum atomic E-state index is -0.737. The van der Waals surface area contributed by atoms with Crippen LogP contribution >= 0.6 is 0 Å². The number of alkyl carbamates (subject to hydrolysis) is 1. The van der Waals surface area contributed by atoms with Crippen LogP contribution in [0.1, 0.15) is 51.5 Å². The van der Waals surface area contributed by atoms with Gasteiger partial charge in [0, 0.05) is 19.5 Å². The van der Waals surface area contributed by atoms with Crippen molar-refractivity contribution in [3.8, 4) is 0 Å². The lowest BCUT2D eigenvalue weighted by Crippen LogP contribution is -2.43. The fourth-order valence-corrected chi connectivity index (χ4v) is 3.53. The molecule has 5 heteroatoms. The van der Waals surface area contributed by atoms with Crippen LogP contribution in [-0.2, 0) is 11.2 Å². The van der Waals surface area contributed by atoms with Gasteiger partial charge in [0.05, 0.1) is 0 Å². The van der Waals surface area contributed by atoms with E-state index in [0.29, 0.717) is 31.3 Å². The number of hydrogen-bond acceptors (Lipinski definition) is 4. The standard InChI is InChI=1S/C22H36N2O3/c1-17(2)14-24-22(26)27-21(13-18-9-5-3-6-10-18)20(25)16-23-15-19-11-7-4-8-12-19/h3,5-6,9-10,17,19-21,23,25H,4,7-8,11-16H2,1-2H3,(H,24,26)/t20-,21-/m0/s1. The maximum Gasteiger partial charge on any atom is 0.407 e. The molecule has 5 nitrogen and oxygen atoms in total. The molecule has 0 aliphatic heterocycles. The molecule has 1 aromatic carbocycles. The van der Waals surface area contributed by atoms with Crippen molar-refractivity contribution in [2.45, 2.75) is 64.6 Å². The molecule has 0 radical (unpaired) electrons. The number of amides is 1. The lowest BCUT2D eigenvalue weighted by molar-refractivity contribution is 0.00310. The zero-order valence-corrected chi connectivity index (χ0v) is 16.8. The monoisotopic (exact) mass is 376 g/mol. The van der Waals surface area contributed by atoms with Crippen molar-refractivity contribution in [3.63, 3.8) is 0 Å². The second-order valence-electron chi connectivity index (χ2n) is 8.14. The van der Waals surface area contributed by atoms with Crippen molar-refractivity contribution in [3.05, 3.63) is 35.9 Å². The first-order valence-corrected chi connectivity index (χ1v) is 10.4. The Labute approximate surface area is 163 Å². The number of carbonyl (C=O) groups excluding carboxylic acids is 1. The summed E-state index contributed by atoms with van der Waals surface area (Å²) in [4.78, 5) is 12.1. The lowest BCUT2D eigenvalue weighted by atomic mass is 9.89. The first-order chi connectivity index (χ1) is 13.0. The van der Waals surface area contributed by atoms with Gasteiger partial charge in [-0.25, -0.2) is 4.79 Å². The van der Waals surface area contributed by atoms with Gasteiger partial charge in [-0.3, -0.25) is 0 Å². The molecule has 3 N–H and O–H groups in total. The van der Waals surface area contributed by atoms with E-state index in [-0.39, 0.29) is 0 Å². The molecule has 0 bridgehead atoms. The topological polar surface area (TPSA) is 70.6 Å². The summed E-state index contributed by atoms with van der Waals surface area (Å²) >= 11 is 0. The van der Waals surface area contributed by atoms with Gasteiger partial charge in [-0.05, 0) is 36.8 Å². The Balaban J connectivity index is 1.85. The van der Waals surface area contributed by atoms with Crippen molar-refractivity contribution in [1.29, 1.82) is 0 Å². The summed E-state index contributed by atoms with van der Waals surface area (Å²) in [6.45, 7) is 5.99.